The first-order chi connectivity index (χ1) is 6.33. The van der Waals surface area contributed by atoms with Gasteiger partial charge in [0, 0.05) is 5.56 Å². The van der Waals surface area contributed by atoms with Gasteiger partial charge in [0.25, 0.3) is 0 Å². The van der Waals surface area contributed by atoms with Crippen LogP contribution < -0.4 is 0 Å². The number of carbonyl (C=O) groups is 1. The fourth-order valence-electron chi connectivity index (χ4n) is 0.849. The van der Waals surface area contributed by atoms with Gasteiger partial charge in [-0.2, -0.15) is 0 Å². The van der Waals surface area contributed by atoms with Crippen LogP contribution in [0.2, 0.25) is 0 Å². The summed E-state index contributed by atoms with van der Waals surface area (Å²) in [4.78, 5) is 9.91. The lowest BCUT2D eigenvalue weighted by molar-refractivity contribution is -0.104. The lowest BCUT2D eigenvalue weighted by atomic mass is 10.1. The highest BCUT2D eigenvalue weighted by Crippen LogP contribution is 2.00. The average Bonchev–Trinajstić information content (AvgIpc) is 2.15. The van der Waals surface area contributed by atoms with Crippen LogP contribution in [0.3, 0.4) is 0 Å². The summed E-state index contributed by atoms with van der Waals surface area (Å²) in [5, 5.41) is 0. The molecule has 0 aromatic heterocycles. The van der Waals surface area contributed by atoms with Crippen molar-refractivity contribution in [1.82, 2.24) is 0 Å². The van der Waals surface area contributed by atoms with Gasteiger partial charge in [0.2, 0.25) is 0 Å². The highest BCUT2D eigenvalue weighted by molar-refractivity contribution is 5.65. The minimum absolute atomic E-state index is 0.712. The molecule has 13 heavy (non-hydrogen) atoms. The van der Waals surface area contributed by atoms with Gasteiger partial charge in [0.1, 0.15) is 6.29 Å². The van der Waals surface area contributed by atoms with Crippen LogP contribution in [0.4, 0.5) is 0 Å². The lowest BCUT2D eigenvalue weighted by Crippen LogP contribution is -1.74. The monoisotopic (exact) mass is 170 g/mol. The molecule has 0 unspecified atom stereocenters. The van der Waals surface area contributed by atoms with E-state index < -0.39 is 0 Å². The Kier molecular flexibility index (Phi) is 3.53. The van der Waals surface area contributed by atoms with E-state index in [2.05, 4.69) is 11.8 Å². The van der Waals surface area contributed by atoms with E-state index in [-0.39, 0.29) is 0 Å². The molecule has 0 heterocycles. The zero-order valence-corrected chi connectivity index (χ0v) is 7.45. The summed E-state index contributed by atoms with van der Waals surface area (Å²) in [6, 6.07) is 7.93. The van der Waals surface area contributed by atoms with Crippen molar-refractivity contribution in [3.8, 4) is 11.8 Å². The van der Waals surface area contributed by atoms with Crippen LogP contribution in [0, 0.1) is 18.8 Å². The van der Waals surface area contributed by atoms with Crippen molar-refractivity contribution in [2.45, 2.75) is 6.92 Å². The molecule has 1 heteroatoms. The van der Waals surface area contributed by atoms with E-state index in [4.69, 9.17) is 0 Å². The van der Waals surface area contributed by atoms with Gasteiger partial charge >= 0.3 is 0 Å². The van der Waals surface area contributed by atoms with E-state index in [0.717, 1.165) is 5.56 Å². The first-order valence-corrected chi connectivity index (χ1v) is 4.01. The number of rotatable bonds is 1. The van der Waals surface area contributed by atoms with Crippen molar-refractivity contribution in [3.05, 3.63) is 47.5 Å². The Balaban J connectivity index is 2.72. The van der Waals surface area contributed by atoms with E-state index in [1.807, 2.05) is 31.2 Å². The molecule has 0 aliphatic heterocycles. The molecule has 0 saturated carbocycles. The number of hydrogen-bond donors (Lipinski definition) is 0. The maximum absolute atomic E-state index is 9.91. The minimum atomic E-state index is 0.712. The molecular formula is C12H10O. The third-order valence-electron chi connectivity index (χ3n) is 1.53. The maximum atomic E-state index is 9.91. The Morgan fingerprint density at radius 1 is 1.23 bits per heavy atom. The van der Waals surface area contributed by atoms with Gasteiger partial charge < -0.3 is 0 Å². The largest absolute Gasteiger partial charge is 0.299 e. The van der Waals surface area contributed by atoms with Crippen molar-refractivity contribution >= 4 is 6.29 Å². The lowest BCUT2D eigenvalue weighted by Gasteiger charge is -1.90. The fraction of sp³-hybridized carbons (Fsp3) is 0.0833. The predicted molar refractivity (Wildman–Crippen MR) is 53.3 cm³/mol. The van der Waals surface area contributed by atoms with Crippen LogP contribution in [-0.4, -0.2) is 6.29 Å². The second-order valence-electron chi connectivity index (χ2n) is 2.63. The zero-order valence-electron chi connectivity index (χ0n) is 7.45. The molecule has 0 radical (unpaired) electrons. The molecule has 1 aromatic rings. The summed E-state index contributed by atoms with van der Waals surface area (Å²) in [5.41, 5.74) is 2.18. The second kappa shape index (κ2) is 4.95. The summed E-state index contributed by atoms with van der Waals surface area (Å²) in [6.07, 6.45) is 3.62. The Morgan fingerprint density at radius 3 is 2.54 bits per heavy atom. The summed E-state index contributed by atoms with van der Waals surface area (Å²) < 4.78 is 0. The number of hydrogen-bond acceptors (Lipinski definition) is 1. The number of carbonyl (C=O) groups excluding carboxylic acids is 1. The summed E-state index contributed by atoms with van der Waals surface area (Å²) in [5.74, 6) is 5.67. The first kappa shape index (κ1) is 9.28. The van der Waals surface area contributed by atoms with Crippen LogP contribution in [-0.2, 0) is 4.79 Å². The molecule has 0 amide bonds. The van der Waals surface area contributed by atoms with Crippen LogP contribution >= 0.6 is 0 Å². The molecule has 0 bridgehead atoms. The molecule has 0 saturated heterocycles. The molecule has 0 aliphatic carbocycles. The standard InChI is InChI=1S/C12H10O/c1-11-6-8-12(9-7-11)5-3-2-4-10-13/h2,4,6-10H,1H3/b4-2-. The number of allylic oxidation sites excluding steroid dienone is 2. The third kappa shape index (κ3) is 3.39. The molecule has 0 atom stereocenters. The van der Waals surface area contributed by atoms with E-state index in [9.17, 15) is 4.79 Å². The molecule has 0 fully saturated rings. The number of aldehydes is 1. The SMILES string of the molecule is Cc1ccc(C#C/C=C\C=O)cc1. The minimum Gasteiger partial charge on any atom is -0.299 e. The van der Waals surface area contributed by atoms with Crippen LogP contribution in [0.15, 0.2) is 36.4 Å². The van der Waals surface area contributed by atoms with E-state index in [0.29, 0.717) is 6.29 Å². The molecular weight excluding hydrogens is 160 g/mol. The van der Waals surface area contributed by atoms with Crippen molar-refractivity contribution < 1.29 is 4.79 Å². The molecule has 64 valence electrons. The van der Waals surface area contributed by atoms with E-state index in [1.165, 1.54) is 17.7 Å². The quantitative estimate of drug-likeness (QED) is 0.358. The topological polar surface area (TPSA) is 17.1 Å². The molecule has 0 spiro atoms. The molecule has 1 aromatic carbocycles. The average molecular weight is 170 g/mol. The van der Waals surface area contributed by atoms with Gasteiger partial charge in [-0.1, -0.05) is 29.5 Å². The smallest absolute Gasteiger partial charge is 0.143 e. The molecule has 0 aliphatic rings. The van der Waals surface area contributed by atoms with Crippen molar-refractivity contribution in [2.75, 3.05) is 0 Å². The van der Waals surface area contributed by atoms with Crippen LogP contribution in [0.25, 0.3) is 0 Å². The van der Waals surface area contributed by atoms with Gasteiger partial charge in [-0.05, 0) is 31.2 Å². The van der Waals surface area contributed by atoms with Gasteiger partial charge in [0.05, 0.1) is 0 Å². The third-order valence-corrected chi connectivity index (χ3v) is 1.53. The fourth-order valence-corrected chi connectivity index (χ4v) is 0.849. The summed E-state index contributed by atoms with van der Waals surface area (Å²) in [6.45, 7) is 2.03. The van der Waals surface area contributed by atoms with Gasteiger partial charge in [-0.25, -0.2) is 0 Å². The number of benzene rings is 1. The predicted octanol–water partition coefficient (Wildman–Crippen LogP) is 2.10. The van der Waals surface area contributed by atoms with Gasteiger partial charge in [-0.15, -0.1) is 0 Å². The Labute approximate surface area is 78.1 Å². The Bertz CT molecular complexity index is 360. The number of aryl methyl sites for hydroxylation is 1. The highest BCUT2D eigenvalue weighted by atomic mass is 16.1. The zero-order chi connectivity index (χ0) is 9.52. The Morgan fingerprint density at radius 2 is 1.92 bits per heavy atom. The van der Waals surface area contributed by atoms with Crippen molar-refractivity contribution in [2.24, 2.45) is 0 Å². The highest BCUT2D eigenvalue weighted by Gasteiger charge is 1.83. The molecule has 0 N–H and O–H groups in total. The Hall–Kier alpha value is -1.81. The van der Waals surface area contributed by atoms with E-state index in [1.54, 1.807) is 0 Å². The first-order valence-electron chi connectivity index (χ1n) is 4.01. The van der Waals surface area contributed by atoms with Crippen LogP contribution in [0.1, 0.15) is 11.1 Å². The second-order valence-corrected chi connectivity index (χ2v) is 2.63. The summed E-state index contributed by atoms with van der Waals surface area (Å²) in [7, 11) is 0. The molecule has 1 rings (SSSR count). The van der Waals surface area contributed by atoms with Crippen molar-refractivity contribution in [1.29, 1.82) is 0 Å². The molecule has 1 nitrogen and oxygen atoms in total. The summed E-state index contributed by atoms with van der Waals surface area (Å²) >= 11 is 0. The maximum Gasteiger partial charge on any atom is 0.143 e. The normalized spacial score (nSPS) is 9.31. The van der Waals surface area contributed by atoms with Crippen molar-refractivity contribution in [3.63, 3.8) is 0 Å². The van der Waals surface area contributed by atoms with Gasteiger partial charge in [0.15, 0.2) is 0 Å². The van der Waals surface area contributed by atoms with E-state index >= 15 is 0 Å². The van der Waals surface area contributed by atoms with Crippen LogP contribution in [0.5, 0.6) is 0 Å². The van der Waals surface area contributed by atoms with Gasteiger partial charge in [-0.3, -0.25) is 4.79 Å².